The van der Waals surface area contributed by atoms with Gasteiger partial charge >= 0.3 is 6.03 Å². The quantitative estimate of drug-likeness (QED) is 0.237. The number of benzene rings is 4. The molecule has 2 aliphatic rings. The van der Waals surface area contributed by atoms with Crippen LogP contribution in [0.2, 0.25) is 0 Å². The first-order valence-corrected chi connectivity index (χ1v) is 14.5. The van der Waals surface area contributed by atoms with Crippen LogP contribution in [-0.4, -0.2) is 74.9 Å². The average molecular weight is 611 g/mol. The molecular formula is C33H31FN6O5. The standard InChI is InChI=1S/C33H31FN6O5/c1-36(33(43)35-18-23-9-13-26(34)14-10-23)38-21-31(41)39-29(17-22-11-15-27(16-12-22)40(44)45)32(42)37(20-30(38)39)19-25-7-4-6-24-5-2-3-8-28(24)25/h2-16,29-30H,17-21H2,1H3,(H,35,43)/t29-,30+/m0/s1. The first-order chi connectivity index (χ1) is 21.7. The Balaban J connectivity index is 1.28. The maximum absolute atomic E-state index is 14.1. The summed E-state index contributed by atoms with van der Waals surface area (Å²) < 4.78 is 13.3. The maximum Gasteiger partial charge on any atom is 0.332 e. The zero-order chi connectivity index (χ0) is 31.7. The molecule has 0 spiro atoms. The molecule has 2 aliphatic heterocycles. The minimum atomic E-state index is -0.881. The van der Waals surface area contributed by atoms with Crippen LogP contribution in [0.1, 0.15) is 16.7 Å². The highest BCUT2D eigenvalue weighted by atomic mass is 19.1. The molecule has 1 N–H and O–H groups in total. The molecule has 2 heterocycles. The molecule has 4 aromatic carbocycles. The van der Waals surface area contributed by atoms with E-state index in [1.54, 1.807) is 41.2 Å². The smallest absolute Gasteiger partial charge is 0.332 e. The summed E-state index contributed by atoms with van der Waals surface area (Å²) in [6.07, 6.45) is -0.478. The van der Waals surface area contributed by atoms with E-state index in [0.29, 0.717) is 17.7 Å². The van der Waals surface area contributed by atoms with Crippen molar-refractivity contribution in [2.75, 3.05) is 20.1 Å². The van der Waals surface area contributed by atoms with E-state index >= 15 is 0 Å². The molecule has 4 aromatic rings. The van der Waals surface area contributed by atoms with E-state index in [1.165, 1.54) is 34.2 Å². The molecule has 2 fully saturated rings. The number of nitro groups is 1. The van der Waals surface area contributed by atoms with E-state index in [4.69, 9.17) is 0 Å². The van der Waals surface area contributed by atoms with Crippen molar-refractivity contribution in [2.24, 2.45) is 0 Å². The Bertz CT molecular complexity index is 1760. The molecule has 45 heavy (non-hydrogen) atoms. The van der Waals surface area contributed by atoms with Gasteiger partial charge in [0, 0.05) is 38.7 Å². The van der Waals surface area contributed by atoms with Crippen molar-refractivity contribution in [2.45, 2.75) is 31.7 Å². The molecule has 2 saturated heterocycles. The van der Waals surface area contributed by atoms with Gasteiger partial charge < -0.3 is 15.1 Å². The Labute approximate surface area is 258 Å². The maximum atomic E-state index is 14.1. The summed E-state index contributed by atoms with van der Waals surface area (Å²) >= 11 is 0. The molecule has 230 valence electrons. The number of hydrazine groups is 1. The Morgan fingerprint density at radius 1 is 0.978 bits per heavy atom. The van der Waals surface area contributed by atoms with Gasteiger partial charge in [0.1, 0.15) is 18.0 Å². The topological polar surface area (TPSA) is 119 Å². The Hall–Kier alpha value is -5.36. The lowest BCUT2D eigenvalue weighted by atomic mass is 9.99. The first kappa shape index (κ1) is 29.7. The van der Waals surface area contributed by atoms with E-state index in [-0.39, 0.29) is 49.4 Å². The van der Waals surface area contributed by atoms with Crippen molar-refractivity contribution in [1.29, 1.82) is 0 Å². The van der Waals surface area contributed by atoms with Crippen LogP contribution in [0.5, 0.6) is 0 Å². The number of amides is 4. The van der Waals surface area contributed by atoms with Gasteiger partial charge in [0.25, 0.3) is 5.69 Å². The van der Waals surface area contributed by atoms with E-state index in [0.717, 1.165) is 16.3 Å². The highest BCUT2D eigenvalue weighted by molar-refractivity contribution is 5.92. The minimum absolute atomic E-state index is 0.0686. The van der Waals surface area contributed by atoms with Crippen LogP contribution in [0.25, 0.3) is 10.8 Å². The van der Waals surface area contributed by atoms with Crippen LogP contribution in [0.3, 0.4) is 0 Å². The van der Waals surface area contributed by atoms with E-state index in [1.807, 2.05) is 42.5 Å². The molecule has 11 nitrogen and oxygen atoms in total. The minimum Gasteiger partial charge on any atom is -0.333 e. The number of hydrogen-bond acceptors (Lipinski definition) is 6. The second kappa shape index (κ2) is 12.3. The van der Waals surface area contributed by atoms with Gasteiger partial charge in [-0.25, -0.2) is 9.18 Å². The monoisotopic (exact) mass is 610 g/mol. The van der Waals surface area contributed by atoms with Gasteiger partial charge in [0.05, 0.1) is 18.0 Å². The van der Waals surface area contributed by atoms with Crippen molar-refractivity contribution in [3.63, 3.8) is 0 Å². The Kier molecular flexibility index (Phi) is 8.14. The summed E-state index contributed by atoms with van der Waals surface area (Å²) in [5, 5.41) is 19.0. The molecule has 0 bridgehead atoms. The number of nitro benzene ring substituents is 1. The van der Waals surface area contributed by atoms with Gasteiger partial charge in [-0.1, -0.05) is 66.7 Å². The number of carbonyl (C=O) groups is 3. The number of urea groups is 1. The number of rotatable bonds is 8. The van der Waals surface area contributed by atoms with Gasteiger partial charge in [-0.3, -0.25) is 24.7 Å². The lowest BCUT2D eigenvalue weighted by Gasteiger charge is -2.46. The number of non-ortho nitro benzene ring substituents is 1. The third kappa shape index (κ3) is 6.04. The van der Waals surface area contributed by atoms with Crippen molar-refractivity contribution >= 4 is 34.3 Å². The number of nitrogens with zero attached hydrogens (tertiary/aromatic N) is 5. The molecule has 4 amide bonds. The molecular weight excluding hydrogens is 579 g/mol. The first-order valence-electron chi connectivity index (χ1n) is 14.5. The highest BCUT2D eigenvalue weighted by Crippen LogP contribution is 2.31. The predicted octanol–water partition coefficient (Wildman–Crippen LogP) is 4.07. The fraction of sp³-hybridized carbons (Fsp3) is 0.242. The predicted molar refractivity (Wildman–Crippen MR) is 164 cm³/mol. The molecule has 0 saturated carbocycles. The Morgan fingerprint density at radius 2 is 1.67 bits per heavy atom. The lowest BCUT2D eigenvalue weighted by Crippen LogP contribution is -2.65. The number of nitrogens with one attached hydrogen (secondary N) is 1. The lowest BCUT2D eigenvalue weighted by molar-refractivity contribution is -0.384. The number of fused-ring (bicyclic) bond motifs is 2. The molecule has 0 aromatic heterocycles. The fourth-order valence-electron chi connectivity index (χ4n) is 6.07. The molecule has 12 heteroatoms. The zero-order valence-corrected chi connectivity index (χ0v) is 24.5. The largest absolute Gasteiger partial charge is 0.333 e. The van der Waals surface area contributed by atoms with Crippen molar-refractivity contribution < 1.29 is 23.7 Å². The second-order valence-corrected chi connectivity index (χ2v) is 11.2. The Morgan fingerprint density at radius 3 is 2.40 bits per heavy atom. The summed E-state index contributed by atoms with van der Waals surface area (Å²) in [4.78, 5) is 54.8. The van der Waals surface area contributed by atoms with Crippen molar-refractivity contribution in [3.8, 4) is 0 Å². The number of piperazine rings is 1. The van der Waals surface area contributed by atoms with E-state index in [9.17, 15) is 28.9 Å². The van der Waals surface area contributed by atoms with Gasteiger partial charge in [-0.2, -0.15) is 5.01 Å². The van der Waals surface area contributed by atoms with Crippen molar-refractivity contribution in [3.05, 3.63) is 124 Å². The summed E-state index contributed by atoms with van der Waals surface area (Å²) in [6.45, 7) is 0.509. The highest BCUT2D eigenvalue weighted by Gasteiger charge is 2.51. The third-order valence-electron chi connectivity index (χ3n) is 8.42. The van der Waals surface area contributed by atoms with Gasteiger partial charge in [0.15, 0.2) is 0 Å². The van der Waals surface area contributed by atoms with Crippen LogP contribution in [0, 0.1) is 15.9 Å². The van der Waals surface area contributed by atoms with Gasteiger partial charge in [-0.15, -0.1) is 0 Å². The molecule has 0 radical (unpaired) electrons. The molecule has 2 atom stereocenters. The van der Waals surface area contributed by atoms with Crippen LogP contribution < -0.4 is 5.32 Å². The normalized spacial score (nSPS) is 18.3. The van der Waals surface area contributed by atoms with Gasteiger partial charge in [-0.05, 0) is 39.6 Å². The molecule has 0 unspecified atom stereocenters. The zero-order valence-electron chi connectivity index (χ0n) is 24.5. The summed E-state index contributed by atoms with van der Waals surface area (Å²) in [5.41, 5.74) is 2.26. The van der Waals surface area contributed by atoms with E-state index in [2.05, 4.69) is 5.32 Å². The van der Waals surface area contributed by atoms with Crippen LogP contribution in [-0.2, 0) is 29.1 Å². The summed E-state index contributed by atoms with van der Waals surface area (Å²) in [6, 6.07) is 24.2. The average Bonchev–Trinajstić information content (AvgIpc) is 3.37. The SMILES string of the molecule is CN(C(=O)NCc1ccc(F)cc1)N1CC(=O)N2[C@@H](Cc3ccc([N+](=O)[O-])cc3)C(=O)N(Cc3cccc4ccccc34)C[C@@H]21. The van der Waals surface area contributed by atoms with Crippen LogP contribution in [0.4, 0.5) is 14.9 Å². The summed E-state index contributed by atoms with van der Waals surface area (Å²) in [7, 11) is 1.56. The third-order valence-corrected chi connectivity index (χ3v) is 8.42. The van der Waals surface area contributed by atoms with E-state index < -0.39 is 23.2 Å². The molecule has 0 aliphatic carbocycles. The molecule has 6 rings (SSSR count). The van der Waals surface area contributed by atoms with Crippen LogP contribution >= 0.6 is 0 Å². The number of halogens is 1. The summed E-state index contributed by atoms with van der Waals surface area (Å²) in [5.74, 6) is -0.916. The fourth-order valence-corrected chi connectivity index (χ4v) is 6.07. The number of hydrogen-bond donors (Lipinski definition) is 1. The van der Waals surface area contributed by atoms with Crippen molar-refractivity contribution in [1.82, 2.24) is 25.1 Å². The number of carbonyl (C=O) groups excluding carboxylic acids is 3. The second-order valence-electron chi connectivity index (χ2n) is 11.2. The van der Waals surface area contributed by atoms with Crippen LogP contribution in [0.15, 0.2) is 91.0 Å². The van der Waals surface area contributed by atoms with Gasteiger partial charge in [0.2, 0.25) is 11.8 Å².